The van der Waals surface area contributed by atoms with E-state index in [2.05, 4.69) is 0 Å². The Balaban J connectivity index is 2.80. The van der Waals surface area contributed by atoms with Crippen molar-refractivity contribution in [1.29, 1.82) is 0 Å². The minimum atomic E-state index is -0.00725. The van der Waals surface area contributed by atoms with Crippen molar-refractivity contribution < 1.29 is 4.74 Å². The van der Waals surface area contributed by atoms with Crippen molar-refractivity contribution in [2.75, 3.05) is 0 Å². The second-order valence-corrected chi connectivity index (χ2v) is 4.03. The van der Waals surface area contributed by atoms with Crippen LogP contribution >= 0.6 is 11.6 Å². The molecule has 1 rings (SSSR count). The van der Waals surface area contributed by atoms with E-state index < -0.39 is 0 Å². The van der Waals surface area contributed by atoms with E-state index >= 15 is 0 Å². The zero-order valence-corrected chi connectivity index (χ0v) is 9.51. The molecule has 0 radical (unpaired) electrons. The summed E-state index contributed by atoms with van der Waals surface area (Å²) in [5.41, 5.74) is 6.79. The SMILES string of the molecule is Cc1ccc(Cl)cc1OC(C)[C@H](C)N. The van der Waals surface area contributed by atoms with Crippen molar-refractivity contribution in [3.63, 3.8) is 0 Å². The summed E-state index contributed by atoms with van der Waals surface area (Å²) in [7, 11) is 0. The summed E-state index contributed by atoms with van der Waals surface area (Å²) in [6.07, 6.45) is -0.00725. The van der Waals surface area contributed by atoms with Crippen LogP contribution in [-0.4, -0.2) is 12.1 Å². The molecule has 14 heavy (non-hydrogen) atoms. The maximum absolute atomic E-state index is 5.87. The summed E-state index contributed by atoms with van der Waals surface area (Å²) in [5, 5.41) is 0.683. The summed E-state index contributed by atoms with van der Waals surface area (Å²) >= 11 is 5.87. The Hall–Kier alpha value is -0.730. The maximum atomic E-state index is 5.87. The normalized spacial score (nSPS) is 14.9. The molecule has 0 amide bonds. The van der Waals surface area contributed by atoms with Gasteiger partial charge < -0.3 is 10.5 Å². The van der Waals surface area contributed by atoms with Crippen LogP contribution in [0, 0.1) is 6.92 Å². The zero-order chi connectivity index (χ0) is 10.7. The van der Waals surface area contributed by atoms with Gasteiger partial charge in [0.25, 0.3) is 0 Å². The van der Waals surface area contributed by atoms with Crippen LogP contribution in [0.15, 0.2) is 18.2 Å². The average Bonchev–Trinajstić information content (AvgIpc) is 2.11. The molecule has 1 aromatic rings. The van der Waals surface area contributed by atoms with Crippen molar-refractivity contribution in [2.45, 2.75) is 32.9 Å². The molecule has 2 atom stereocenters. The minimum absolute atomic E-state index is 0.00725. The lowest BCUT2D eigenvalue weighted by molar-refractivity contribution is 0.195. The van der Waals surface area contributed by atoms with Crippen molar-refractivity contribution >= 4 is 11.6 Å². The smallest absolute Gasteiger partial charge is 0.124 e. The first kappa shape index (κ1) is 11.3. The van der Waals surface area contributed by atoms with Crippen LogP contribution in [0.1, 0.15) is 19.4 Å². The predicted molar refractivity (Wildman–Crippen MR) is 59.9 cm³/mol. The number of halogens is 1. The highest BCUT2D eigenvalue weighted by Crippen LogP contribution is 2.23. The lowest BCUT2D eigenvalue weighted by atomic mass is 10.2. The van der Waals surface area contributed by atoms with Gasteiger partial charge in [0.15, 0.2) is 0 Å². The summed E-state index contributed by atoms with van der Waals surface area (Å²) in [4.78, 5) is 0. The largest absolute Gasteiger partial charge is 0.489 e. The monoisotopic (exact) mass is 213 g/mol. The molecule has 0 spiro atoms. The van der Waals surface area contributed by atoms with E-state index in [0.717, 1.165) is 11.3 Å². The molecule has 0 saturated heterocycles. The van der Waals surface area contributed by atoms with Gasteiger partial charge in [0.05, 0.1) is 0 Å². The van der Waals surface area contributed by atoms with Gasteiger partial charge in [0, 0.05) is 11.1 Å². The fourth-order valence-electron chi connectivity index (χ4n) is 1.01. The molecule has 1 unspecified atom stereocenters. The third-order valence-electron chi connectivity index (χ3n) is 2.20. The van der Waals surface area contributed by atoms with E-state index in [1.54, 1.807) is 0 Å². The fourth-order valence-corrected chi connectivity index (χ4v) is 1.17. The van der Waals surface area contributed by atoms with Gasteiger partial charge in [-0.15, -0.1) is 0 Å². The predicted octanol–water partition coefficient (Wildman–Crippen LogP) is 2.76. The van der Waals surface area contributed by atoms with Crippen LogP contribution in [0.25, 0.3) is 0 Å². The number of hydrogen-bond acceptors (Lipinski definition) is 2. The first-order valence-corrected chi connectivity index (χ1v) is 5.07. The number of ether oxygens (including phenoxy) is 1. The van der Waals surface area contributed by atoms with Gasteiger partial charge in [-0.1, -0.05) is 17.7 Å². The molecule has 0 saturated carbocycles. The van der Waals surface area contributed by atoms with E-state index in [1.807, 2.05) is 39.0 Å². The topological polar surface area (TPSA) is 35.2 Å². The highest BCUT2D eigenvalue weighted by Gasteiger charge is 2.10. The van der Waals surface area contributed by atoms with Gasteiger partial charge in [-0.3, -0.25) is 0 Å². The van der Waals surface area contributed by atoms with Gasteiger partial charge in [0.2, 0.25) is 0 Å². The average molecular weight is 214 g/mol. The van der Waals surface area contributed by atoms with Crippen molar-refractivity contribution in [1.82, 2.24) is 0 Å². The maximum Gasteiger partial charge on any atom is 0.124 e. The third kappa shape index (κ3) is 2.89. The molecule has 0 aliphatic rings. The standard InChI is InChI=1S/C11H16ClNO/c1-7-4-5-10(12)6-11(7)14-9(3)8(2)13/h4-6,8-9H,13H2,1-3H3/t8-,9?/m0/s1. The van der Waals surface area contributed by atoms with Gasteiger partial charge >= 0.3 is 0 Å². The molecule has 2 nitrogen and oxygen atoms in total. The molecule has 0 aliphatic heterocycles. The molecule has 0 fully saturated rings. The van der Waals surface area contributed by atoms with Crippen LogP contribution in [-0.2, 0) is 0 Å². The quantitative estimate of drug-likeness (QED) is 0.838. The fraction of sp³-hybridized carbons (Fsp3) is 0.455. The summed E-state index contributed by atoms with van der Waals surface area (Å²) < 4.78 is 5.68. The molecular formula is C11H16ClNO. The summed E-state index contributed by atoms with van der Waals surface area (Å²) in [5.74, 6) is 0.808. The first-order valence-electron chi connectivity index (χ1n) is 4.69. The summed E-state index contributed by atoms with van der Waals surface area (Å²) in [6, 6.07) is 5.61. The van der Waals surface area contributed by atoms with Gasteiger partial charge in [-0.25, -0.2) is 0 Å². The Bertz CT molecular complexity index is 312. The van der Waals surface area contributed by atoms with Crippen LogP contribution in [0.5, 0.6) is 5.75 Å². The molecule has 0 heterocycles. The second kappa shape index (κ2) is 4.67. The number of hydrogen-bond donors (Lipinski definition) is 1. The lowest BCUT2D eigenvalue weighted by Crippen LogP contribution is -2.33. The van der Waals surface area contributed by atoms with Crippen molar-refractivity contribution in [3.8, 4) is 5.75 Å². The van der Waals surface area contributed by atoms with E-state index in [4.69, 9.17) is 22.1 Å². The van der Waals surface area contributed by atoms with Crippen LogP contribution in [0.4, 0.5) is 0 Å². The van der Waals surface area contributed by atoms with E-state index in [0.29, 0.717) is 5.02 Å². The highest BCUT2D eigenvalue weighted by molar-refractivity contribution is 6.30. The number of nitrogens with two attached hydrogens (primary N) is 1. The van der Waals surface area contributed by atoms with Gasteiger partial charge in [-0.05, 0) is 38.5 Å². The van der Waals surface area contributed by atoms with Crippen LogP contribution < -0.4 is 10.5 Å². The molecule has 0 bridgehead atoms. The number of benzene rings is 1. The van der Waals surface area contributed by atoms with Crippen LogP contribution in [0.3, 0.4) is 0 Å². The van der Waals surface area contributed by atoms with E-state index in [-0.39, 0.29) is 12.1 Å². The van der Waals surface area contributed by atoms with Gasteiger partial charge in [0.1, 0.15) is 11.9 Å². The lowest BCUT2D eigenvalue weighted by Gasteiger charge is -2.19. The molecule has 0 aliphatic carbocycles. The van der Waals surface area contributed by atoms with Crippen LogP contribution in [0.2, 0.25) is 5.02 Å². The molecule has 0 aromatic heterocycles. The Morgan fingerprint density at radius 1 is 1.36 bits per heavy atom. The molecule has 3 heteroatoms. The Morgan fingerprint density at radius 3 is 2.57 bits per heavy atom. The highest BCUT2D eigenvalue weighted by atomic mass is 35.5. The van der Waals surface area contributed by atoms with Crippen molar-refractivity contribution in [2.24, 2.45) is 5.73 Å². The molecule has 1 aromatic carbocycles. The van der Waals surface area contributed by atoms with Crippen molar-refractivity contribution in [3.05, 3.63) is 28.8 Å². The Labute approximate surface area is 90.0 Å². The first-order chi connectivity index (χ1) is 6.50. The van der Waals surface area contributed by atoms with E-state index in [1.165, 1.54) is 0 Å². The Morgan fingerprint density at radius 2 is 2.00 bits per heavy atom. The summed E-state index contributed by atoms with van der Waals surface area (Å²) in [6.45, 7) is 5.86. The third-order valence-corrected chi connectivity index (χ3v) is 2.44. The molecule has 2 N–H and O–H groups in total. The Kier molecular flexibility index (Phi) is 3.78. The number of rotatable bonds is 3. The number of aryl methyl sites for hydroxylation is 1. The minimum Gasteiger partial charge on any atom is -0.489 e. The zero-order valence-electron chi connectivity index (χ0n) is 8.75. The molecular weight excluding hydrogens is 198 g/mol. The molecule has 78 valence electrons. The van der Waals surface area contributed by atoms with E-state index in [9.17, 15) is 0 Å². The second-order valence-electron chi connectivity index (χ2n) is 3.59. The van der Waals surface area contributed by atoms with Gasteiger partial charge in [-0.2, -0.15) is 0 Å².